The molecular weight excluding hydrogens is 210 g/mol. The summed E-state index contributed by atoms with van der Waals surface area (Å²) < 4.78 is 25.7. The van der Waals surface area contributed by atoms with Gasteiger partial charge in [-0.05, 0) is 24.5 Å². The van der Waals surface area contributed by atoms with E-state index < -0.39 is 10.0 Å². The van der Waals surface area contributed by atoms with E-state index in [1.54, 1.807) is 24.3 Å². The molecule has 0 bridgehead atoms. The Kier molecular flexibility index (Phi) is 4.15. The number of hydrogen-bond donors (Lipinski definition) is 1. The summed E-state index contributed by atoms with van der Waals surface area (Å²) in [6.07, 6.45) is 0.683. The summed E-state index contributed by atoms with van der Waals surface area (Å²) in [7, 11) is -3.18. The van der Waals surface area contributed by atoms with Crippen LogP contribution in [0, 0.1) is 5.92 Å². The first kappa shape index (κ1) is 12.0. The molecule has 1 N–H and O–H groups in total. The van der Waals surface area contributed by atoms with Crippen molar-refractivity contribution < 1.29 is 8.42 Å². The maximum absolute atomic E-state index is 11.6. The molecule has 1 rings (SSSR count). The molecule has 0 radical (unpaired) electrons. The molecule has 3 nitrogen and oxygen atoms in total. The third-order valence-corrected chi connectivity index (χ3v) is 3.33. The Hall–Kier alpha value is -1.03. The molecular formula is C11H17NO2S. The highest BCUT2D eigenvalue weighted by atomic mass is 32.2. The first-order valence-corrected chi connectivity index (χ1v) is 6.70. The summed E-state index contributed by atoms with van der Waals surface area (Å²) in [5.74, 6) is 0.580. The molecule has 0 aliphatic carbocycles. The van der Waals surface area contributed by atoms with Gasteiger partial charge in [-0.1, -0.05) is 32.0 Å². The second-order valence-electron chi connectivity index (χ2n) is 3.97. The van der Waals surface area contributed by atoms with Crippen LogP contribution < -0.4 is 4.72 Å². The molecule has 0 spiro atoms. The normalized spacial score (nSPS) is 11.7. The van der Waals surface area contributed by atoms with E-state index in [2.05, 4.69) is 4.72 Å². The molecule has 0 heterocycles. The zero-order chi connectivity index (χ0) is 11.3. The Balaban J connectivity index is 2.57. The highest BCUT2D eigenvalue weighted by molar-refractivity contribution is 7.92. The third kappa shape index (κ3) is 4.83. The third-order valence-electron chi connectivity index (χ3n) is 2.01. The molecule has 0 unspecified atom stereocenters. The van der Waals surface area contributed by atoms with Gasteiger partial charge in [-0.15, -0.1) is 0 Å². The van der Waals surface area contributed by atoms with Crippen LogP contribution in [0.5, 0.6) is 0 Å². The minimum absolute atomic E-state index is 0.180. The van der Waals surface area contributed by atoms with Crippen LogP contribution in [-0.4, -0.2) is 14.2 Å². The maximum atomic E-state index is 11.6. The average Bonchev–Trinajstić information content (AvgIpc) is 2.16. The predicted octanol–water partition coefficient (Wildman–Crippen LogP) is 2.47. The molecule has 0 aliphatic heterocycles. The standard InChI is InChI=1S/C11H17NO2S/c1-10(2)8-9-15(13,14)12-11-6-4-3-5-7-11/h3-7,10,12H,8-9H2,1-2H3. The summed E-state index contributed by atoms with van der Waals surface area (Å²) >= 11 is 0. The second kappa shape index (κ2) is 5.16. The summed E-state index contributed by atoms with van der Waals surface area (Å²) in [6.45, 7) is 4.02. The van der Waals surface area contributed by atoms with Gasteiger partial charge < -0.3 is 0 Å². The lowest BCUT2D eigenvalue weighted by Crippen LogP contribution is -2.17. The van der Waals surface area contributed by atoms with Gasteiger partial charge in [0.05, 0.1) is 5.75 Å². The van der Waals surface area contributed by atoms with E-state index in [0.29, 0.717) is 18.0 Å². The largest absolute Gasteiger partial charge is 0.284 e. The lowest BCUT2D eigenvalue weighted by Gasteiger charge is -2.08. The fourth-order valence-electron chi connectivity index (χ4n) is 1.13. The maximum Gasteiger partial charge on any atom is 0.232 e. The van der Waals surface area contributed by atoms with Crippen molar-refractivity contribution in [3.63, 3.8) is 0 Å². The average molecular weight is 227 g/mol. The number of benzene rings is 1. The van der Waals surface area contributed by atoms with Gasteiger partial charge in [0.15, 0.2) is 0 Å². The van der Waals surface area contributed by atoms with Crippen LogP contribution >= 0.6 is 0 Å². The van der Waals surface area contributed by atoms with Crippen molar-refractivity contribution in [2.24, 2.45) is 5.92 Å². The molecule has 15 heavy (non-hydrogen) atoms. The highest BCUT2D eigenvalue weighted by Gasteiger charge is 2.10. The van der Waals surface area contributed by atoms with Crippen LogP contribution in [0.15, 0.2) is 30.3 Å². The zero-order valence-corrected chi connectivity index (χ0v) is 9.92. The van der Waals surface area contributed by atoms with Crippen LogP contribution in [0.1, 0.15) is 20.3 Å². The van der Waals surface area contributed by atoms with E-state index in [4.69, 9.17) is 0 Å². The zero-order valence-electron chi connectivity index (χ0n) is 9.10. The molecule has 0 fully saturated rings. The molecule has 0 aliphatic rings. The minimum atomic E-state index is -3.18. The van der Waals surface area contributed by atoms with Crippen molar-refractivity contribution in [3.8, 4) is 0 Å². The molecule has 0 saturated carbocycles. The van der Waals surface area contributed by atoms with Crippen molar-refractivity contribution in [1.82, 2.24) is 0 Å². The van der Waals surface area contributed by atoms with Crippen molar-refractivity contribution in [1.29, 1.82) is 0 Å². The van der Waals surface area contributed by atoms with Gasteiger partial charge in [0.25, 0.3) is 0 Å². The number of para-hydroxylation sites is 1. The Bertz CT molecular complexity index is 384. The summed E-state index contributed by atoms with van der Waals surface area (Å²) in [5, 5.41) is 0. The molecule has 4 heteroatoms. The molecule has 0 atom stereocenters. The van der Waals surface area contributed by atoms with Crippen molar-refractivity contribution in [3.05, 3.63) is 30.3 Å². The van der Waals surface area contributed by atoms with Crippen LogP contribution in [-0.2, 0) is 10.0 Å². The quantitative estimate of drug-likeness (QED) is 0.840. The summed E-state index contributed by atoms with van der Waals surface area (Å²) in [4.78, 5) is 0. The lowest BCUT2D eigenvalue weighted by atomic mass is 10.2. The Morgan fingerprint density at radius 1 is 1.20 bits per heavy atom. The van der Waals surface area contributed by atoms with Gasteiger partial charge >= 0.3 is 0 Å². The van der Waals surface area contributed by atoms with Gasteiger partial charge in [0.2, 0.25) is 10.0 Å². The predicted molar refractivity (Wildman–Crippen MR) is 63.3 cm³/mol. The first-order chi connectivity index (χ1) is 6.99. The number of anilines is 1. The Morgan fingerprint density at radius 2 is 1.80 bits per heavy atom. The smallest absolute Gasteiger partial charge is 0.232 e. The molecule has 0 aromatic heterocycles. The van der Waals surface area contributed by atoms with Gasteiger partial charge in [0.1, 0.15) is 0 Å². The van der Waals surface area contributed by atoms with Crippen molar-refractivity contribution in [2.45, 2.75) is 20.3 Å². The second-order valence-corrected chi connectivity index (χ2v) is 5.81. The van der Waals surface area contributed by atoms with Crippen LogP contribution in [0.4, 0.5) is 5.69 Å². The molecule has 0 amide bonds. The van der Waals surface area contributed by atoms with E-state index in [9.17, 15) is 8.42 Å². The Labute approximate surface area is 91.6 Å². The first-order valence-electron chi connectivity index (χ1n) is 5.05. The van der Waals surface area contributed by atoms with E-state index in [1.165, 1.54) is 0 Å². The van der Waals surface area contributed by atoms with Crippen molar-refractivity contribution in [2.75, 3.05) is 10.5 Å². The fraction of sp³-hybridized carbons (Fsp3) is 0.455. The van der Waals surface area contributed by atoms with E-state index >= 15 is 0 Å². The van der Waals surface area contributed by atoms with Gasteiger partial charge in [0, 0.05) is 5.69 Å². The van der Waals surface area contributed by atoms with Crippen LogP contribution in [0.25, 0.3) is 0 Å². The monoisotopic (exact) mass is 227 g/mol. The molecule has 1 aromatic carbocycles. The molecule has 1 aromatic rings. The van der Waals surface area contributed by atoms with Gasteiger partial charge in [-0.25, -0.2) is 8.42 Å². The summed E-state index contributed by atoms with van der Waals surface area (Å²) in [6, 6.07) is 8.95. The van der Waals surface area contributed by atoms with Crippen LogP contribution in [0.3, 0.4) is 0 Å². The van der Waals surface area contributed by atoms with E-state index in [-0.39, 0.29) is 5.75 Å². The minimum Gasteiger partial charge on any atom is -0.284 e. The SMILES string of the molecule is CC(C)CCS(=O)(=O)Nc1ccccc1. The fourth-order valence-corrected chi connectivity index (χ4v) is 2.51. The molecule has 0 saturated heterocycles. The van der Waals surface area contributed by atoms with Crippen molar-refractivity contribution >= 4 is 15.7 Å². The Morgan fingerprint density at radius 3 is 2.33 bits per heavy atom. The number of sulfonamides is 1. The lowest BCUT2D eigenvalue weighted by molar-refractivity contribution is 0.578. The number of rotatable bonds is 5. The van der Waals surface area contributed by atoms with Gasteiger partial charge in [-0.3, -0.25) is 4.72 Å². The highest BCUT2D eigenvalue weighted by Crippen LogP contribution is 2.10. The number of nitrogens with one attached hydrogen (secondary N) is 1. The molecule has 84 valence electrons. The number of hydrogen-bond acceptors (Lipinski definition) is 2. The van der Waals surface area contributed by atoms with Gasteiger partial charge in [-0.2, -0.15) is 0 Å². The van der Waals surface area contributed by atoms with E-state index in [1.807, 2.05) is 19.9 Å². The summed E-state index contributed by atoms with van der Waals surface area (Å²) in [5.41, 5.74) is 0.626. The van der Waals surface area contributed by atoms with Crippen LogP contribution in [0.2, 0.25) is 0 Å². The van der Waals surface area contributed by atoms with E-state index in [0.717, 1.165) is 0 Å². The topological polar surface area (TPSA) is 46.2 Å².